The highest BCUT2D eigenvalue weighted by Gasteiger charge is 2.27. The first kappa shape index (κ1) is 24.4. The van der Waals surface area contributed by atoms with Gasteiger partial charge in [-0.2, -0.15) is 4.31 Å². The van der Waals surface area contributed by atoms with Crippen molar-refractivity contribution >= 4 is 15.9 Å². The van der Waals surface area contributed by atoms with Crippen molar-refractivity contribution in [2.24, 2.45) is 0 Å². The fourth-order valence-corrected chi connectivity index (χ4v) is 5.46. The van der Waals surface area contributed by atoms with Crippen LogP contribution in [0, 0.1) is 6.92 Å². The smallest absolute Gasteiger partial charge is 0.251 e. The van der Waals surface area contributed by atoms with Crippen molar-refractivity contribution < 1.29 is 17.9 Å². The summed E-state index contributed by atoms with van der Waals surface area (Å²) in [5.41, 5.74) is 2.25. The number of hydrogen-bond donors (Lipinski definition) is 1. The van der Waals surface area contributed by atoms with Gasteiger partial charge < -0.3 is 10.1 Å². The topological polar surface area (TPSA) is 79.0 Å². The van der Waals surface area contributed by atoms with E-state index in [9.17, 15) is 13.2 Å². The Bertz CT molecular complexity index is 1000. The van der Waals surface area contributed by atoms with E-state index >= 15 is 0 Å². The Morgan fingerprint density at radius 3 is 2.38 bits per heavy atom. The first-order chi connectivity index (χ1) is 15.4. The minimum absolute atomic E-state index is 0.0377. The first-order valence-electron chi connectivity index (χ1n) is 11.1. The average Bonchev–Trinajstić information content (AvgIpc) is 2.82. The zero-order chi connectivity index (χ0) is 23.1. The second-order valence-corrected chi connectivity index (χ2v) is 9.79. The quantitative estimate of drug-likeness (QED) is 0.624. The van der Waals surface area contributed by atoms with Gasteiger partial charge in [-0.15, -0.1) is 0 Å². The van der Waals surface area contributed by atoms with Gasteiger partial charge in [0.1, 0.15) is 0 Å². The van der Waals surface area contributed by atoms with Crippen molar-refractivity contribution in [2.45, 2.75) is 31.7 Å². The molecule has 0 radical (unpaired) electrons. The monoisotopic (exact) mass is 459 g/mol. The van der Waals surface area contributed by atoms with Gasteiger partial charge in [-0.3, -0.25) is 9.69 Å². The van der Waals surface area contributed by atoms with E-state index in [2.05, 4.69) is 36.2 Å². The van der Waals surface area contributed by atoms with Crippen LogP contribution in [0.2, 0.25) is 0 Å². The lowest BCUT2D eigenvalue weighted by molar-refractivity contribution is 0.0730. The normalized spacial score (nSPS) is 16.1. The third-order valence-corrected chi connectivity index (χ3v) is 7.85. The number of sulfonamides is 1. The van der Waals surface area contributed by atoms with Crippen molar-refractivity contribution in [3.8, 4) is 0 Å². The summed E-state index contributed by atoms with van der Waals surface area (Å²) in [5.74, 6) is -0.269. The maximum atomic E-state index is 13.1. The number of morpholine rings is 1. The Kier molecular flexibility index (Phi) is 8.42. The van der Waals surface area contributed by atoms with Crippen molar-refractivity contribution in [3.63, 3.8) is 0 Å². The number of hydrogen-bond acceptors (Lipinski definition) is 5. The number of nitrogens with one attached hydrogen (secondary N) is 1. The lowest BCUT2D eigenvalue weighted by Gasteiger charge is -2.30. The van der Waals surface area contributed by atoms with Crippen LogP contribution in [0.15, 0.2) is 53.4 Å². The van der Waals surface area contributed by atoms with E-state index in [1.54, 1.807) is 12.1 Å². The highest BCUT2D eigenvalue weighted by atomic mass is 32.2. The van der Waals surface area contributed by atoms with Crippen LogP contribution in [0.4, 0.5) is 0 Å². The van der Waals surface area contributed by atoms with Crippen molar-refractivity contribution in [1.29, 1.82) is 0 Å². The van der Waals surface area contributed by atoms with Crippen molar-refractivity contribution in [3.05, 3.63) is 65.2 Å². The minimum atomic E-state index is -3.67. The molecular weight excluding hydrogens is 426 g/mol. The molecule has 1 amide bonds. The van der Waals surface area contributed by atoms with Crippen LogP contribution in [-0.2, 0) is 14.8 Å². The number of carbonyl (C=O) groups excluding carboxylic acids is 1. The second-order valence-electron chi connectivity index (χ2n) is 7.85. The highest BCUT2D eigenvalue weighted by molar-refractivity contribution is 7.89. The van der Waals surface area contributed by atoms with Gasteiger partial charge in [0.15, 0.2) is 0 Å². The van der Waals surface area contributed by atoms with E-state index in [0.29, 0.717) is 38.4 Å². The number of likely N-dealkylation sites (N-methyl/N-ethyl adjacent to an activating group) is 1. The molecule has 8 heteroatoms. The number of ether oxygens (including phenoxy) is 1. The molecule has 0 saturated carbocycles. The molecule has 174 valence electrons. The predicted octanol–water partition coefficient (Wildman–Crippen LogP) is 2.83. The maximum Gasteiger partial charge on any atom is 0.251 e. The van der Waals surface area contributed by atoms with Gasteiger partial charge in [0.25, 0.3) is 5.91 Å². The van der Waals surface area contributed by atoms with Crippen LogP contribution >= 0.6 is 0 Å². The third kappa shape index (κ3) is 5.56. The molecule has 1 atom stereocenters. The predicted molar refractivity (Wildman–Crippen MR) is 125 cm³/mol. The summed E-state index contributed by atoms with van der Waals surface area (Å²) >= 11 is 0. The van der Waals surface area contributed by atoms with E-state index in [-0.39, 0.29) is 16.8 Å². The molecule has 1 aliphatic heterocycles. The molecule has 1 saturated heterocycles. The van der Waals surface area contributed by atoms with Gasteiger partial charge in [0.05, 0.1) is 24.2 Å². The molecule has 1 unspecified atom stereocenters. The van der Waals surface area contributed by atoms with E-state index in [1.807, 2.05) is 25.1 Å². The number of aryl methyl sites for hydroxylation is 1. The van der Waals surface area contributed by atoms with E-state index in [1.165, 1.54) is 10.4 Å². The van der Waals surface area contributed by atoms with Crippen LogP contribution in [0.25, 0.3) is 0 Å². The molecule has 1 N–H and O–H groups in total. The van der Waals surface area contributed by atoms with Crippen LogP contribution in [-0.4, -0.2) is 69.5 Å². The summed E-state index contributed by atoms with van der Waals surface area (Å²) in [6, 6.07) is 14.9. The van der Waals surface area contributed by atoms with E-state index in [4.69, 9.17) is 4.74 Å². The number of carbonyl (C=O) groups is 1. The van der Waals surface area contributed by atoms with Gasteiger partial charge >= 0.3 is 0 Å². The number of nitrogens with zero attached hydrogens (tertiary/aromatic N) is 2. The average molecular weight is 460 g/mol. The largest absolute Gasteiger partial charge is 0.379 e. The van der Waals surface area contributed by atoms with Gasteiger partial charge in [-0.05, 0) is 43.3 Å². The van der Waals surface area contributed by atoms with Gasteiger partial charge in [0, 0.05) is 25.2 Å². The van der Waals surface area contributed by atoms with E-state index < -0.39 is 10.0 Å². The molecule has 32 heavy (non-hydrogen) atoms. The molecule has 0 aliphatic carbocycles. The number of amides is 1. The minimum Gasteiger partial charge on any atom is -0.379 e. The van der Waals surface area contributed by atoms with Crippen LogP contribution < -0.4 is 5.32 Å². The molecule has 3 rings (SSSR count). The van der Waals surface area contributed by atoms with Gasteiger partial charge in [0.2, 0.25) is 10.0 Å². The van der Waals surface area contributed by atoms with E-state index in [0.717, 1.165) is 24.2 Å². The van der Waals surface area contributed by atoms with Crippen molar-refractivity contribution in [2.75, 3.05) is 45.9 Å². The standard InChI is InChI=1S/C24H33N3O4S/c1-4-26(5-2)23(20-9-7-6-8-10-20)18-25-24(28)22-17-21(12-11-19(22)3)32(29,30)27-13-15-31-16-14-27/h6-12,17,23H,4-5,13-16,18H2,1-3H3,(H,25,28). The molecule has 1 heterocycles. The van der Waals surface area contributed by atoms with Crippen LogP contribution in [0.3, 0.4) is 0 Å². The summed E-state index contributed by atoms with van der Waals surface area (Å²) < 4.78 is 32.7. The Hall–Kier alpha value is -2.26. The number of benzene rings is 2. The van der Waals surface area contributed by atoms with Crippen LogP contribution in [0.5, 0.6) is 0 Å². The Labute approximate surface area is 191 Å². The number of rotatable bonds is 9. The molecule has 2 aromatic carbocycles. The summed E-state index contributed by atoms with van der Waals surface area (Å²) in [7, 11) is -3.67. The SMILES string of the molecule is CCN(CC)C(CNC(=O)c1cc(S(=O)(=O)N2CCOCC2)ccc1C)c1ccccc1. The maximum absolute atomic E-state index is 13.1. The first-order valence-corrected chi connectivity index (χ1v) is 12.6. The zero-order valence-electron chi connectivity index (χ0n) is 19.1. The Balaban J connectivity index is 1.80. The lowest BCUT2D eigenvalue weighted by Crippen LogP contribution is -2.40. The van der Waals surface area contributed by atoms with Gasteiger partial charge in [-0.25, -0.2) is 8.42 Å². The molecule has 0 aromatic heterocycles. The third-order valence-electron chi connectivity index (χ3n) is 5.95. The Morgan fingerprint density at radius 2 is 1.75 bits per heavy atom. The lowest BCUT2D eigenvalue weighted by atomic mass is 10.0. The molecule has 0 bridgehead atoms. The fourth-order valence-electron chi connectivity index (χ4n) is 4.02. The second kappa shape index (κ2) is 11.0. The molecule has 1 aliphatic rings. The summed E-state index contributed by atoms with van der Waals surface area (Å²) in [6.45, 7) is 9.58. The summed E-state index contributed by atoms with van der Waals surface area (Å²) in [6.07, 6.45) is 0. The summed E-state index contributed by atoms with van der Waals surface area (Å²) in [4.78, 5) is 15.5. The fraction of sp³-hybridized carbons (Fsp3) is 0.458. The molecule has 7 nitrogen and oxygen atoms in total. The van der Waals surface area contributed by atoms with Crippen LogP contribution in [0.1, 0.15) is 41.4 Å². The molecular formula is C24H33N3O4S. The highest BCUT2D eigenvalue weighted by Crippen LogP contribution is 2.22. The van der Waals surface area contributed by atoms with Crippen molar-refractivity contribution in [1.82, 2.24) is 14.5 Å². The summed E-state index contributed by atoms with van der Waals surface area (Å²) in [5, 5.41) is 3.04. The van der Waals surface area contributed by atoms with Gasteiger partial charge in [-0.1, -0.05) is 50.2 Å². The Morgan fingerprint density at radius 1 is 1.09 bits per heavy atom. The molecule has 0 spiro atoms. The molecule has 1 fully saturated rings. The zero-order valence-corrected chi connectivity index (χ0v) is 19.9. The molecule has 2 aromatic rings.